The van der Waals surface area contributed by atoms with Crippen molar-refractivity contribution in [3.8, 4) is 11.4 Å². The summed E-state index contributed by atoms with van der Waals surface area (Å²) in [4.78, 5) is 25.1. The van der Waals surface area contributed by atoms with E-state index in [4.69, 9.17) is 10.5 Å². The molecule has 1 fully saturated rings. The minimum absolute atomic E-state index is 0.119. The number of carbonyl (C=O) groups excluding carboxylic acids is 2. The van der Waals surface area contributed by atoms with E-state index in [0.29, 0.717) is 17.8 Å². The second-order valence-electron chi connectivity index (χ2n) is 7.64. The van der Waals surface area contributed by atoms with Gasteiger partial charge in [-0.05, 0) is 55.2 Å². The van der Waals surface area contributed by atoms with E-state index >= 15 is 0 Å². The Bertz CT molecular complexity index is 1120. The van der Waals surface area contributed by atoms with Crippen LogP contribution in [0.4, 0.5) is 5.82 Å². The summed E-state index contributed by atoms with van der Waals surface area (Å²) in [7, 11) is 1.61. The van der Waals surface area contributed by atoms with Crippen LogP contribution in [0.25, 0.3) is 5.69 Å². The highest BCUT2D eigenvalue weighted by atomic mass is 16.5. The third-order valence-corrected chi connectivity index (χ3v) is 5.28. The van der Waals surface area contributed by atoms with Crippen molar-refractivity contribution in [3.63, 3.8) is 0 Å². The second kappa shape index (κ2) is 8.51. The van der Waals surface area contributed by atoms with Crippen LogP contribution in [0.2, 0.25) is 0 Å². The molecule has 31 heavy (non-hydrogen) atoms. The lowest BCUT2D eigenvalue weighted by Gasteiger charge is -2.11. The van der Waals surface area contributed by atoms with Crippen molar-refractivity contribution in [2.24, 2.45) is 0 Å². The molecule has 160 valence electrons. The van der Waals surface area contributed by atoms with Gasteiger partial charge in [-0.25, -0.2) is 4.68 Å². The topological polar surface area (TPSA) is 111 Å². The molecular formula is C23H25N5O3. The number of hydrogen-bond donors (Lipinski definition) is 3. The van der Waals surface area contributed by atoms with E-state index in [1.54, 1.807) is 19.2 Å². The minimum atomic E-state index is -0.320. The molecule has 1 aliphatic carbocycles. The van der Waals surface area contributed by atoms with E-state index in [0.717, 1.165) is 29.7 Å². The van der Waals surface area contributed by atoms with Crippen LogP contribution in [-0.2, 0) is 6.54 Å². The Morgan fingerprint density at radius 2 is 1.90 bits per heavy atom. The smallest absolute Gasteiger partial charge is 0.256 e. The molecule has 1 aromatic heterocycles. The van der Waals surface area contributed by atoms with Gasteiger partial charge in [0.1, 0.15) is 17.1 Å². The van der Waals surface area contributed by atoms with Crippen LogP contribution in [0, 0.1) is 6.92 Å². The van der Waals surface area contributed by atoms with Crippen LogP contribution in [0.5, 0.6) is 5.75 Å². The molecule has 1 heterocycles. The molecule has 1 aliphatic rings. The molecule has 0 atom stereocenters. The van der Waals surface area contributed by atoms with E-state index in [1.807, 2.05) is 37.3 Å². The van der Waals surface area contributed by atoms with Crippen LogP contribution >= 0.6 is 0 Å². The van der Waals surface area contributed by atoms with Crippen LogP contribution in [-0.4, -0.2) is 34.7 Å². The average molecular weight is 419 g/mol. The lowest BCUT2D eigenvalue weighted by atomic mass is 10.1. The number of nitrogen functional groups attached to an aromatic ring is 1. The van der Waals surface area contributed by atoms with Gasteiger partial charge in [0.2, 0.25) is 0 Å². The van der Waals surface area contributed by atoms with E-state index in [2.05, 4.69) is 15.7 Å². The Labute approximate surface area is 180 Å². The Morgan fingerprint density at radius 1 is 1.16 bits per heavy atom. The molecule has 0 saturated heterocycles. The summed E-state index contributed by atoms with van der Waals surface area (Å²) in [5.74, 6) is 0.533. The molecule has 0 spiro atoms. The summed E-state index contributed by atoms with van der Waals surface area (Å²) in [6.45, 7) is 2.26. The van der Waals surface area contributed by atoms with Crippen molar-refractivity contribution < 1.29 is 14.3 Å². The molecule has 1 saturated carbocycles. The number of aryl methyl sites for hydroxylation is 1. The quantitative estimate of drug-likeness (QED) is 0.545. The number of hydrogen-bond acceptors (Lipinski definition) is 5. The highest BCUT2D eigenvalue weighted by Crippen LogP contribution is 2.23. The number of rotatable bonds is 7. The van der Waals surface area contributed by atoms with E-state index in [-0.39, 0.29) is 29.2 Å². The number of nitrogens with two attached hydrogens (primary N) is 1. The van der Waals surface area contributed by atoms with Crippen LogP contribution in [0.15, 0.2) is 48.7 Å². The summed E-state index contributed by atoms with van der Waals surface area (Å²) in [6.07, 6.45) is 3.48. The highest BCUT2D eigenvalue weighted by Gasteiger charge is 2.24. The van der Waals surface area contributed by atoms with Crippen molar-refractivity contribution in [1.82, 2.24) is 20.4 Å². The Hall–Kier alpha value is -3.81. The fourth-order valence-corrected chi connectivity index (χ4v) is 3.22. The number of carbonyl (C=O) groups is 2. The maximum atomic E-state index is 12.7. The molecule has 2 amide bonds. The fraction of sp³-hybridized carbons (Fsp3) is 0.261. The van der Waals surface area contributed by atoms with Crippen molar-refractivity contribution in [1.29, 1.82) is 0 Å². The predicted octanol–water partition coefficient (Wildman–Crippen LogP) is 2.59. The van der Waals surface area contributed by atoms with E-state index in [9.17, 15) is 9.59 Å². The number of nitrogens with one attached hydrogen (secondary N) is 2. The summed E-state index contributed by atoms with van der Waals surface area (Å²) in [6, 6.07) is 13.1. The van der Waals surface area contributed by atoms with Crippen LogP contribution < -0.4 is 21.1 Å². The molecule has 8 nitrogen and oxygen atoms in total. The van der Waals surface area contributed by atoms with Gasteiger partial charge in [-0.2, -0.15) is 5.10 Å². The summed E-state index contributed by atoms with van der Waals surface area (Å²) >= 11 is 0. The van der Waals surface area contributed by atoms with Crippen molar-refractivity contribution in [2.75, 3.05) is 12.8 Å². The van der Waals surface area contributed by atoms with Gasteiger partial charge >= 0.3 is 0 Å². The molecule has 0 aliphatic heterocycles. The lowest BCUT2D eigenvalue weighted by Crippen LogP contribution is -2.25. The van der Waals surface area contributed by atoms with Gasteiger partial charge in [0.05, 0.1) is 19.0 Å². The molecular weight excluding hydrogens is 394 g/mol. The normalized spacial score (nSPS) is 13.0. The van der Waals surface area contributed by atoms with Gasteiger partial charge in [0, 0.05) is 18.2 Å². The first-order valence-electron chi connectivity index (χ1n) is 10.1. The molecule has 0 bridgehead atoms. The number of nitrogens with zero attached hydrogens (tertiary/aromatic N) is 2. The molecule has 8 heteroatoms. The zero-order chi connectivity index (χ0) is 22.0. The monoisotopic (exact) mass is 419 g/mol. The van der Waals surface area contributed by atoms with Crippen molar-refractivity contribution in [3.05, 3.63) is 70.9 Å². The van der Waals surface area contributed by atoms with Gasteiger partial charge in [-0.1, -0.05) is 18.2 Å². The SMILES string of the molecule is COc1ccc(CNC(=O)c2cnn(-c3cc(C(=O)NC4CC4)ccc3C)c2N)cc1. The number of aromatic nitrogens is 2. The summed E-state index contributed by atoms with van der Waals surface area (Å²) in [5.41, 5.74) is 9.55. The lowest BCUT2D eigenvalue weighted by molar-refractivity contribution is 0.0943. The molecule has 3 aromatic rings. The maximum absolute atomic E-state index is 12.7. The Balaban J connectivity index is 1.50. The molecule has 0 unspecified atom stereocenters. The number of benzene rings is 2. The summed E-state index contributed by atoms with van der Waals surface area (Å²) in [5, 5.41) is 10.1. The largest absolute Gasteiger partial charge is 0.497 e. The zero-order valence-electron chi connectivity index (χ0n) is 17.5. The first-order chi connectivity index (χ1) is 15.0. The number of ether oxygens (including phenoxy) is 1. The Morgan fingerprint density at radius 3 is 2.58 bits per heavy atom. The first-order valence-corrected chi connectivity index (χ1v) is 10.1. The van der Waals surface area contributed by atoms with Gasteiger partial charge < -0.3 is 21.1 Å². The molecule has 4 rings (SSSR count). The molecule has 2 aromatic carbocycles. The highest BCUT2D eigenvalue weighted by molar-refractivity contribution is 5.99. The van der Waals surface area contributed by atoms with Crippen molar-refractivity contribution in [2.45, 2.75) is 32.4 Å². The van der Waals surface area contributed by atoms with Gasteiger partial charge in [0.15, 0.2) is 0 Å². The first kappa shape index (κ1) is 20.5. The van der Waals surface area contributed by atoms with E-state index in [1.165, 1.54) is 10.9 Å². The number of amides is 2. The van der Waals surface area contributed by atoms with Crippen LogP contribution in [0.1, 0.15) is 44.7 Å². The number of anilines is 1. The van der Waals surface area contributed by atoms with Crippen molar-refractivity contribution >= 4 is 17.6 Å². The van der Waals surface area contributed by atoms with E-state index < -0.39 is 0 Å². The van der Waals surface area contributed by atoms with Gasteiger partial charge in [-0.3, -0.25) is 9.59 Å². The zero-order valence-corrected chi connectivity index (χ0v) is 17.5. The fourth-order valence-electron chi connectivity index (χ4n) is 3.22. The molecule has 0 radical (unpaired) electrons. The number of methoxy groups -OCH3 is 1. The minimum Gasteiger partial charge on any atom is -0.497 e. The predicted molar refractivity (Wildman–Crippen MR) is 117 cm³/mol. The third kappa shape index (κ3) is 4.53. The second-order valence-corrected chi connectivity index (χ2v) is 7.64. The third-order valence-electron chi connectivity index (χ3n) is 5.28. The van der Waals surface area contributed by atoms with Gasteiger partial charge in [-0.15, -0.1) is 0 Å². The average Bonchev–Trinajstić information content (AvgIpc) is 3.51. The Kier molecular flexibility index (Phi) is 5.62. The standard InChI is InChI=1S/C23H25N5O3/c1-14-3-6-16(22(29)27-17-7-8-17)11-20(14)28-21(24)19(13-26-28)23(30)25-12-15-4-9-18(31-2)10-5-15/h3-6,9-11,13,17H,7-8,12,24H2,1-2H3,(H,25,30)(H,27,29). The maximum Gasteiger partial charge on any atom is 0.256 e. The summed E-state index contributed by atoms with van der Waals surface area (Å²) < 4.78 is 6.63. The van der Waals surface area contributed by atoms with Crippen LogP contribution in [0.3, 0.4) is 0 Å². The molecule has 4 N–H and O–H groups in total. The van der Waals surface area contributed by atoms with Gasteiger partial charge in [0.25, 0.3) is 11.8 Å².